The monoisotopic (exact) mass is 251 g/mol. The summed E-state index contributed by atoms with van der Waals surface area (Å²) in [7, 11) is 0. The van der Waals surface area contributed by atoms with Gasteiger partial charge in [0.1, 0.15) is 0 Å². The highest BCUT2D eigenvalue weighted by atomic mass is 16.4. The van der Waals surface area contributed by atoms with E-state index in [1.807, 2.05) is 0 Å². The second kappa shape index (κ2) is 3.72. The third kappa shape index (κ3) is 1.91. The van der Waals surface area contributed by atoms with Crippen molar-refractivity contribution in [2.75, 3.05) is 0 Å². The Balaban J connectivity index is 1.87. The zero-order valence-electron chi connectivity index (χ0n) is 10.9. The van der Waals surface area contributed by atoms with E-state index >= 15 is 0 Å². The van der Waals surface area contributed by atoms with Crippen LogP contribution in [-0.2, 0) is 9.59 Å². The molecule has 4 bridgehead atoms. The Bertz CT molecular complexity index is 356. The molecule has 4 fully saturated rings. The van der Waals surface area contributed by atoms with Gasteiger partial charge >= 0.3 is 5.97 Å². The zero-order chi connectivity index (χ0) is 13.0. The summed E-state index contributed by atoms with van der Waals surface area (Å²) in [5.41, 5.74) is -0.135. The molecule has 4 rings (SSSR count). The number of rotatable bonds is 3. The molecule has 4 nitrogen and oxygen atoms in total. The highest BCUT2D eigenvalue weighted by molar-refractivity contribution is 5.74. The molecule has 2 N–H and O–H groups in total. The van der Waals surface area contributed by atoms with Crippen LogP contribution in [0.5, 0.6) is 0 Å². The maximum atomic E-state index is 11.4. The van der Waals surface area contributed by atoms with Crippen molar-refractivity contribution in [3.8, 4) is 0 Å². The summed E-state index contributed by atoms with van der Waals surface area (Å²) in [6.45, 7) is 1.57. The Kier molecular flexibility index (Phi) is 2.48. The lowest BCUT2D eigenvalue weighted by Crippen LogP contribution is -2.63. The van der Waals surface area contributed by atoms with Gasteiger partial charge in [-0.15, -0.1) is 0 Å². The van der Waals surface area contributed by atoms with Crippen molar-refractivity contribution in [3.05, 3.63) is 0 Å². The molecule has 1 amide bonds. The van der Waals surface area contributed by atoms with Crippen molar-refractivity contribution in [3.63, 3.8) is 0 Å². The first-order valence-corrected chi connectivity index (χ1v) is 6.91. The molecule has 0 unspecified atom stereocenters. The number of hydrogen-bond acceptors (Lipinski definition) is 2. The molecule has 4 heteroatoms. The minimum absolute atomic E-state index is 0.0300. The maximum Gasteiger partial charge on any atom is 0.303 e. The van der Waals surface area contributed by atoms with Crippen LogP contribution in [0.15, 0.2) is 0 Å². The number of hydrogen-bond donors (Lipinski definition) is 2. The number of carbonyl (C=O) groups excluding carboxylic acids is 1. The molecule has 2 atom stereocenters. The molecule has 0 radical (unpaired) electrons. The second-order valence-corrected chi connectivity index (χ2v) is 6.99. The Morgan fingerprint density at radius 1 is 1.22 bits per heavy atom. The first-order valence-electron chi connectivity index (χ1n) is 6.91. The number of amides is 1. The maximum absolute atomic E-state index is 11.4. The highest BCUT2D eigenvalue weighted by Crippen LogP contribution is 2.62. The van der Waals surface area contributed by atoms with Gasteiger partial charge in [-0.2, -0.15) is 0 Å². The van der Waals surface area contributed by atoms with Gasteiger partial charge in [-0.3, -0.25) is 9.59 Å². The van der Waals surface area contributed by atoms with E-state index in [0.717, 1.165) is 32.1 Å². The molecular formula is C14H21NO3. The molecular weight excluding hydrogens is 230 g/mol. The van der Waals surface area contributed by atoms with E-state index in [0.29, 0.717) is 11.8 Å². The molecule has 4 saturated carbocycles. The van der Waals surface area contributed by atoms with E-state index in [-0.39, 0.29) is 23.3 Å². The lowest BCUT2D eigenvalue weighted by atomic mass is 9.46. The van der Waals surface area contributed by atoms with Gasteiger partial charge in [0.15, 0.2) is 0 Å². The topological polar surface area (TPSA) is 66.4 Å². The summed E-state index contributed by atoms with van der Waals surface area (Å²) in [6.07, 6.45) is 6.62. The predicted octanol–water partition coefficient (Wildman–Crippen LogP) is 1.94. The Morgan fingerprint density at radius 3 is 2.33 bits per heavy atom. The van der Waals surface area contributed by atoms with E-state index < -0.39 is 5.97 Å². The molecule has 0 aromatic carbocycles. The molecule has 0 heterocycles. The van der Waals surface area contributed by atoms with Crippen LogP contribution >= 0.6 is 0 Å². The van der Waals surface area contributed by atoms with Crippen LogP contribution in [0, 0.1) is 17.3 Å². The fourth-order valence-corrected chi connectivity index (χ4v) is 5.50. The molecule has 100 valence electrons. The van der Waals surface area contributed by atoms with Crippen molar-refractivity contribution in [1.29, 1.82) is 0 Å². The van der Waals surface area contributed by atoms with Gasteiger partial charge < -0.3 is 10.4 Å². The summed E-state index contributed by atoms with van der Waals surface area (Å²) in [4.78, 5) is 22.6. The van der Waals surface area contributed by atoms with Gasteiger partial charge in [0.05, 0.1) is 6.42 Å². The smallest absolute Gasteiger partial charge is 0.303 e. The van der Waals surface area contributed by atoms with Crippen molar-refractivity contribution in [2.45, 2.75) is 57.4 Å². The number of carbonyl (C=O) groups is 2. The molecule has 4 aliphatic carbocycles. The highest BCUT2D eigenvalue weighted by Gasteiger charge is 2.58. The molecule has 0 aliphatic heterocycles. The number of carboxylic acid groups (broad SMARTS) is 1. The van der Waals surface area contributed by atoms with Gasteiger partial charge in [0.25, 0.3) is 0 Å². The van der Waals surface area contributed by atoms with E-state index in [1.54, 1.807) is 6.92 Å². The van der Waals surface area contributed by atoms with Gasteiger partial charge in [0, 0.05) is 12.5 Å². The quantitative estimate of drug-likeness (QED) is 0.805. The van der Waals surface area contributed by atoms with E-state index in [1.165, 1.54) is 6.42 Å². The van der Waals surface area contributed by atoms with Gasteiger partial charge in [-0.05, 0) is 55.8 Å². The zero-order valence-corrected chi connectivity index (χ0v) is 10.9. The van der Waals surface area contributed by atoms with Crippen LogP contribution in [0.25, 0.3) is 0 Å². The van der Waals surface area contributed by atoms with Crippen LogP contribution in [0.2, 0.25) is 0 Å². The second-order valence-electron chi connectivity index (χ2n) is 6.99. The van der Waals surface area contributed by atoms with Crippen LogP contribution < -0.4 is 5.32 Å². The fraction of sp³-hybridized carbons (Fsp3) is 0.857. The van der Waals surface area contributed by atoms with Crippen LogP contribution in [-0.4, -0.2) is 22.5 Å². The lowest BCUT2D eigenvalue weighted by Gasteiger charge is -2.62. The molecule has 0 spiro atoms. The standard InChI is InChI=1S/C14H21NO3/c1-9(16)15-14-5-10-2-11(6-14)4-13(3-10,8-14)7-12(17)18/h10-11H,2-8H2,1H3,(H,15,16)(H,17,18)/t10-,11-,13?,14?/m0/s1. The molecule has 18 heavy (non-hydrogen) atoms. The summed E-state index contributed by atoms with van der Waals surface area (Å²) in [6, 6.07) is 0. The molecule has 4 aliphatic rings. The third-order valence-electron chi connectivity index (χ3n) is 5.15. The fourth-order valence-electron chi connectivity index (χ4n) is 5.50. The van der Waals surface area contributed by atoms with Crippen molar-refractivity contribution in [2.24, 2.45) is 17.3 Å². The number of nitrogens with one attached hydrogen (secondary N) is 1. The number of carboxylic acids is 1. The first-order chi connectivity index (χ1) is 8.40. The van der Waals surface area contributed by atoms with Crippen molar-refractivity contribution < 1.29 is 14.7 Å². The SMILES string of the molecule is CC(=O)NC12C[C@H]3C[C@@H](CC(CC(=O)O)(C3)C1)C2. The first kappa shape index (κ1) is 12.0. The Hall–Kier alpha value is -1.06. The molecule has 0 aromatic heterocycles. The average Bonchev–Trinajstić information content (AvgIpc) is 2.08. The summed E-state index contributed by atoms with van der Waals surface area (Å²) in [5.74, 6) is 0.590. The molecule has 0 aromatic rings. The summed E-state index contributed by atoms with van der Waals surface area (Å²) < 4.78 is 0. The Labute approximate surface area is 107 Å². The summed E-state index contributed by atoms with van der Waals surface area (Å²) in [5, 5.41) is 12.3. The van der Waals surface area contributed by atoms with Crippen molar-refractivity contribution >= 4 is 11.9 Å². The average molecular weight is 251 g/mol. The van der Waals surface area contributed by atoms with Crippen LogP contribution in [0.4, 0.5) is 0 Å². The van der Waals surface area contributed by atoms with E-state index in [9.17, 15) is 9.59 Å². The third-order valence-corrected chi connectivity index (χ3v) is 5.15. The minimum Gasteiger partial charge on any atom is -0.481 e. The largest absolute Gasteiger partial charge is 0.481 e. The minimum atomic E-state index is -0.685. The van der Waals surface area contributed by atoms with Gasteiger partial charge in [-0.1, -0.05) is 0 Å². The normalized spacial score (nSPS) is 44.9. The Morgan fingerprint density at radius 2 is 1.83 bits per heavy atom. The molecule has 0 saturated heterocycles. The summed E-state index contributed by atoms with van der Waals surface area (Å²) >= 11 is 0. The lowest BCUT2D eigenvalue weighted by molar-refractivity contribution is -0.148. The predicted molar refractivity (Wildman–Crippen MR) is 65.9 cm³/mol. The van der Waals surface area contributed by atoms with Gasteiger partial charge in [-0.25, -0.2) is 0 Å². The van der Waals surface area contributed by atoms with E-state index in [2.05, 4.69) is 5.32 Å². The van der Waals surface area contributed by atoms with Crippen LogP contribution in [0.1, 0.15) is 51.9 Å². The van der Waals surface area contributed by atoms with Crippen LogP contribution in [0.3, 0.4) is 0 Å². The number of aliphatic carboxylic acids is 1. The van der Waals surface area contributed by atoms with Crippen molar-refractivity contribution in [1.82, 2.24) is 5.32 Å². The van der Waals surface area contributed by atoms with E-state index in [4.69, 9.17) is 5.11 Å². The van der Waals surface area contributed by atoms with Gasteiger partial charge in [0.2, 0.25) is 5.91 Å².